The van der Waals surface area contributed by atoms with E-state index < -0.39 is 11.8 Å². The van der Waals surface area contributed by atoms with E-state index in [1.54, 1.807) is 0 Å². The van der Waals surface area contributed by atoms with Gasteiger partial charge >= 0.3 is 0 Å². The van der Waals surface area contributed by atoms with E-state index in [1.807, 2.05) is 22.6 Å². The van der Waals surface area contributed by atoms with E-state index in [-0.39, 0.29) is 11.6 Å². The SMILES string of the molecule is FC1(F)c2[nH]nc(I)c2C2CCC21. The molecular formula is C8H7F2IN2. The second-order valence-electron chi connectivity index (χ2n) is 3.72. The minimum Gasteiger partial charge on any atom is -0.275 e. The molecule has 1 aromatic heterocycles. The van der Waals surface area contributed by atoms with Gasteiger partial charge in [-0.05, 0) is 41.4 Å². The van der Waals surface area contributed by atoms with Gasteiger partial charge in [-0.3, -0.25) is 5.10 Å². The third kappa shape index (κ3) is 0.793. The summed E-state index contributed by atoms with van der Waals surface area (Å²) in [5.74, 6) is -3.05. The number of aromatic nitrogens is 2. The van der Waals surface area contributed by atoms with Crippen LogP contribution in [0.1, 0.15) is 30.0 Å². The molecule has 0 bridgehead atoms. The zero-order valence-electron chi connectivity index (χ0n) is 6.65. The Bertz CT molecular complexity index is 374. The third-order valence-corrected chi connectivity index (χ3v) is 4.02. The lowest BCUT2D eigenvalue weighted by Crippen LogP contribution is -2.31. The predicted octanol–water partition coefficient (Wildman–Crippen LogP) is 2.61. The molecule has 1 heterocycles. The summed E-state index contributed by atoms with van der Waals surface area (Å²) in [5, 5.41) is 6.30. The van der Waals surface area contributed by atoms with Crippen molar-refractivity contribution in [3.8, 4) is 0 Å². The average molecular weight is 296 g/mol. The molecule has 13 heavy (non-hydrogen) atoms. The Morgan fingerprint density at radius 2 is 2.23 bits per heavy atom. The first-order chi connectivity index (χ1) is 6.12. The van der Waals surface area contributed by atoms with Crippen LogP contribution in [0.5, 0.6) is 0 Å². The Labute approximate surface area is 87.2 Å². The van der Waals surface area contributed by atoms with Gasteiger partial charge in [-0.15, -0.1) is 0 Å². The molecule has 70 valence electrons. The molecule has 1 aromatic rings. The van der Waals surface area contributed by atoms with Crippen LogP contribution in [-0.2, 0) is 5.92 Å². The van der Waals surface area contributed by atoms with Crippen LogP contribution in [0.2, 0.25) is 0 Å². The molecule has 0 amide bonds. The molecule has 0 aliphatic heterocycles. The van der Waals surface area contributed by atoms with Crippen LogP contribution in [0.15, 0.2) is 0 Å². The number of halogens is 3. The lowest BCUT2D eigenvalue weighted by molar-refractivity contribution is -0.0906. The number of hydrogen-bond donors (Lipinski definition) is 1. The Balaban J connectivity index is 2.23. The van der Waals surface area contributed by atoms with Crippen molar-refractivity contribution >= 4 is 22.6 Å². The minimum atomic E-state index is -2.66. The summed E-state index contributed by atoms with van der Waals surface area (Å²) in [7, 11) is 0. The fourth-order valence-electron chi connectivity index (χ4n) is 2.39. The second-order valence-corrected chi connectivity index (χ2v) is 4.74. The van der Waals surface area contributed by atoms with Crippen molar-refractivity contribution in [1.82, 2.24) is 10.2 Å². The monoisotopic (exact) mass is 296 g/mol. The van der Waals surface area contributed by atoms with Gasteiger partial charge in [0.05, 0.1) is 0 Å². The van der Waals surface area contributed by atoms with Crippen molar-refractivity contribution in [1.29, 1.82) is 0 Å². The molecule has 3 rings (SSSR count). The number of H-pyrrole nitrogens is 1. The standard InChI is InChI=1S/C8H7F2IN2/c9-8(10)4-2-1-3(4)5-6(8)12-13-7(5)11/h3-4H,1-2H2,(H,12,13). The Hall–Kier alpha value is -0.200. The van der Waals surface area contributed by atoms with E-state index in [2.05, 4.69) is 10.2 Å². The van der Waals surface area contributed by atoms with E-state index in [1.165, 1.54) is 0 Å². The molecule has 1 N–H and O–H groups in total. The average Bonchev–Trinajstić information content (AvgIpc) is 2.35. The quantitative estimate of drug-likeness (QED) is 0.733. The maximum atomic E-state index is 13.6. The van der Waals surface area contributed by atoms with Crippen molar-refractivity contribution in [2.45, 2.75) is 24.7 Å². The summed E-state index contributed by atoms with van der Waals surface area (Å²) >= 11 is 2.02. The summed E-state index contributed by atoms with van der Waals surface area (Å²) < 4.78 is 27.9. The van der Waals surface area contributed by atoms with Gasteiger partial charge in [-0.25, -0.2) is 0 Å². The molecule has 0 aromatic carbocycles. The van der Waals surface area contributed by atoms with Crippen molar-refractivity contribution in [2.24, 2.45) is 5.92 Å². The van der Waals surface area contributed by atoms with E-state index >= 15 is 0 Å². The van der Waals surface area contributed by atoms with E-state index in [4.69, 9.17) is 0 Å². The van der Waals surface area contributed by atoms with Gasteiger partial charge in [-0.1, -0.05) is 0 Å². The normalized spacial score (nSPS) is 33.8. The fraction of sp³-hybridized carbons (Fsp3) is 0.625. The van der Waals surface area contributed by atoms with Gasteiger partial charge < -0.3 is 0 Å². The van der Waals surface area contributed by atoms with Crippen molar-refractivity contribution in [3.05, 3.63) is 15.0 Å². The van der Waals surface area contributed by atoms with Crippen molar-refractivity contribution in [3.63, 3.8) is 0 Å². The molecule has 2 atom stereocenters. The number of nitrogens with one attached hydrogen (secondary N) is 1. The zero-order chi connectivity index (χ0) is 9.22. The van der Waals surface area contributed by atoms with Crippen LogP contribution >= 0.6 is 22.6 Å². The van der Waals surface area contributed by atoms with Crippen LogP contribution < -0.4 is 0 Å². The van der Waals surface area contributed by atoms with Crippen molar-refractivity contribution < 1.29 is 8.78 Å². The Morgan fingerprint density at radius 3 is 2.85 bits per heavy atom. The maximum absolute atomic E-state index is 13.6. The molecule has 1 fully saturated rings. The minimum absolute atomic E-state index is 0.0654. The van der Waals surface area contributed by atoms with Gasteiger partial charge in [-0.2, -0.15) is 13.9 Å². The topological polar surface area (TPSA) is 28.7 Å². The number of nitrogens with zero attached hydrogens (tertiary/aromatic N) is 1. The van der Waals surface area contributed by atoms with Gasteiger partial charge in [0, 0.05) is 11.5 Å². The number of alkyl halides is 2. The first-order valence-electron chi connectivity index (χ1n) is 4.24. The van der Waals surface area contributed by atoms with Crippen LogP contribution in [0.3, 0.4) is 0 Å². The predicted molar refractivity (Wildman–Crippen MR) is 50.7 cm³/mol. The second kappa shape index (κ2) is 2.24. The lowest BCUT2D eigenvalue weighted by Gasteiger charge is -2.33. The van der Waals surface area contributed by atoms with Crippen LogP contribution in [-0.4, -0.2) is 10.2 Å². The molecule has 1 saturated carbocycles. The van der Waals surface area contributed by atoms with Gasteiger partial charge in [0.25, 0.3) is 5.92 Å². The molecule has 0 radical (unpaired) electrons. The lowest BCUT2D eigenvalue weighted by atomic mass is 9.73. The number of fused-ring (bicyclic) bond motifs is 3. The zero-order valence-corrected chi connectivity index (χ0v) is 8.81. The molecule has 2 aliphatic carbocycles. The van der Waals surface area contributed by atoms with E-state index in [0.29, 0.717) is 6.42 Å². The summed E-state index contributed by atoms with van der Waals surface area (Å²) in [6.07, 6.45) is 1.54. The van der Waals surface area contributed by atoms with Crippen LogP contribution in [0.25, 0.3) is 0 Å². The molecular weight excluding hydrogens is 289 g/mol. The number of aromatic amines is 1. The highest BCUT2D eigenvalue weighted by Crippen LogP contribution is 2.62. The maximum Gasteiger partial charge on any atom is 0.292 e. The number of hydrogen-bond acceptors (Lipinski definition) is 1. The summed E-state index contributed by atoms with van der Waals surface area (Å²) in [4.78, 5) is 0. The highest BCUT2D eigenvalue weighted by molar-refractivity contribution is 14.1. The molecule has 5 heteroatoms. The molecule has 2 unspecified atom stereocenters. The summed E-state index contributed by atoms with van der Waals surface area (Å²) in [6, 6.07) is 0. The smallest absolute Gasteiger partial charge is 0.275 e. The van der Waals surface area contributed by atoms with Crippen molar-refractivity contribution in [2.75, 3.05) is 0 Å². The first-order valence-corrected chi connectivity index (χ1v) is 5.32. The molecule has 0 saturated heterocycles. The number of rotatable bonds is 0. The summed E-state index contributed by atoms with van der Waals surface area (Å²) in [6.45, 7) is 0. The first kappa shape index (κ1) is 8.14. The van der Waals surface area contributed by atoms with E-state index in [0.717, 1.165) is 15.7 Å². The summed E-state index contributed by atoms with van der Waals surface area (Å²) in [5.41, 5.74) is 0.853. The highest BCUT2D eigenvalue weighted by Gasteiger charge is 2.60. The fourth-order valence-corrected chi connectivity index (χ4v) is 3.18. The highest BCUT2D eigenvalue weighted by atomic mass is 127. The van der Waals surface area contributed by atoms with Gasteiger partial charge in [0.15, 0.2) is 0 Å². The van der Waals surface area contributed by atoms with Crippen LogP contribution in [0.4, 0.5) is 8.78 Å². The van der Waals surface area contributed by atoms with E-state index in [9.17, 15) is 8.78 Å². The third-order valence-electron chi connectivity index (χ3n) is 3.20. The molecule has 2 nitrogen and oxygen atoms in total. The molecule has 0 spiro atoms. The Morgan fingerprint density at radius 1 is 1.46 bits per heavy atom. The van der Waals surface area contributed by atoms with Crippen LogP contribution in [0, 0.1) is 9.62 Å². The molecule has 2 aliphatic rings. The largest absolute Gasteiger partial charge is 0.292 e. The van der Waals surface area contributed by atoms with Gasteiger partial charge in [0.1, 0.15) is 9.39 Å². The van der Waals surface area contributed by atoms with Gasteiger partial charge in [0.2, 0.25) is 0 Å². The Kier molecular flexibility index (Phi) is 1.40.